The molecule has 2 amide bonds. The van der Waals surface area contributed by atoms with Gasteiger partial charge in [-0.15, -0.1) is 0 Å². The summed E-state index contributed by atoms with van der Waals surface area (Å²) in [6.45, 7) is 3.84. The van der Waals surface area contributed by atoms with Crippen molar-refractivity contribution in [3.63, 3.8) is 0 Å². The molecule has 0 aromatic carbocycles. The summed E-state index contributed by atoms with van der Waals surface area (Å²) in [5.41, 5.74) is 0. The quantitative estimate of drug-likeness (QED) is 0.755. The van der Waals surface area contributed by atoms with Crippen LogP contribution in [0.1, 0.15) is 26.7 Å². The number of esters is 1. The van der Waals surface area contributed by atoms with Crippen molar-refractivity contribution >= 4 is 18.0 Å². The van der Waals surface area contributed by atoms with Crippen molar-refractivity contribution in [1.29, 1.82) is 0 Å². The van der Waals surface area contributed by atoms with Crippen molar-refractivity contribution in [3.8, 4) is 0 Å². The van der Waals surface area contributed by atoms with Crippen LogP contribution >= 0.6 is 0 Å². The second-order valence-electron chi connectivity index (χ2n) is 4.51. The van der Waals surface area contributed by atoms with Gasteiger partial charge in [0.1, 0.15) is 12.1 Å². The Morgan fingerprint density at radius 1 is 1.47 bits per heavy atom. The number of hydrogen-bond donors (Lipinski definition) is 1. The van der Waals surface area contributed by atoms with E-state index in [2.05, 4.69) is 0 Å². The first kappa shape index (κ1) is 15.3. The molecule has 1 saturated heterocycles. The Hall–Kier alpha value is -1.79. The molecule has 1 aliphatic rings. The Labute approximate surface area is 112 Å². The zero-order valence-electron chi connectivity index (χ0n) is 11.5. The standard InChI is InChI=1S/C12H20N2O5/c1-4-19-11(17)9-6-5-7-14(9)12(18)13(3)8(2)10(15)16/h8-9H,4-7H2,1-3H3,(H,15,16). The molecule has 19 heavy (non-hydrogen) atoms. The first-order valence-corrected chi connectivity index (χ1v) is 6.33. The minimum absolute atomic E-state index is 0.263. The van der Waals surface area contributed by atoms with Crippen LogP contribution in [0, 0.1) is 0 Å². The molecule has 0 aliphatic carbocycles. The average molecular weight is 272 g/mol. The van der Waals surface area contributed by atoms with Gasteiger partial charge >= 0.3 is 18.0 Å². The lowest BCUT2D eigenvalue weighted by molar-refractivity contribution is -0.147. The van der Waals surface area contributed by atoms with Crippen LogP contribution in [0.25, 0.3) is 0 Å². The summed E-state index contributed by atoms with van der Waals surface area (Å²) in [6.07, 6.45) is 1.27. The lowest BCUT2D eigenvalue weighted by Crippen LogP contribution is -2.51. The predicted molar refractivity (Wildman–Crippen MR) is 66.6 cm³/mol. The Bertz CT molecular complexity index is 371. The third-order valence-corrected chi connectivity index (χ3v) is 3.30. The van der Waals surface area contributed by atoms with E-state index in [-0.39, 0.29) is 6.61 Å². The highest BCUT2D eigenvalue weighted by Crippen LogP contribution is 2.20. The van der Waals surface area contributed by atoms with Crippen LogP contribution < -0.4 is 0 Å². The zero-order chi connectivity index (χ0) is 14.6. The van der Waals surface area contributed by atoms with Crippen molar-refractivity contribution in [2.45, 2.75) is 38.8 Å². The van der Waals surface area contributed by atoms with E-state index in [0.717, 1.165) is 4.90 Å². The number of aliphatic carboxylic acids is 1. The summed E-state index contributed by atoms with van der Waals surface area (Å²) >= 11 is 0. The average Bonchev–Trinajstić information content (AvgIpc) is 2.85. The van der Waals surface area contributed by atoms with E-state index in [4.69, 9.17) is 9.84 Å². The van der Waals surface area contributed by atoms with Gasteiger partial charge in [-0.3, -0.25) is 0 Å². The molecule has 0 aromatic rings. The first-order valence-electron chi connectivity index (χ1n) is 6.33. The molecule has 108 valence electrons. The molecule has 0 bridgehead atoms. The maximum absolute atomic E-state index is 12.2. The molecular formula is C12H20N2O5. The Morgan fingerprint density at radius 2 is 2.11 bits per heavy atom. The molecule has 2 atom stereocenters. The van der Waals surface area contributed by atoms with Gasteiger partial charge in [0.25, 0.3) is 0 Å². The number of likely N-dealkylation sites (tertiary alicyclic amines) is 1. The van der Waals surface area contributed by atoms with Crippen molar-refractivity contribution in [3.05, 3.63) is 0 Å². The molecule has 0 aromatic heterocycles. The molecule has 0 saturated carbocycles. The van der Waals surface area contributed by atoms with Gasteiger partial charge in [0.15, 0.2) is 0 Å². The Morgan fingerprint density at radius 3 is 2.63 bits per heavy atom. The number of rotatable bonds is 4. The van der Waals surface area contributed by atoms with Crippen molar-refractivity contribution in [2.24, 2.45) is 0 Å². The SMILES string of the molecule is CCOC(=O)C1CCCN1C(=O)N(C)C(C)C(=O)O. The molecule has 1 N–H and O–H groups in total. The van der Waals surface area contributed by atoms with Crippen LogP contribution in [-0.4, -0.2) is 65.2 Å². The first-order chi connectivity index (χ1) is 8.90. The number of amides is 2. The third kappa shape index (κ3) is 3.36. The molecule has 1 heterocycles. The number of nitrogens with zero attached hydrogens (tertiary/aromatic N) is 2. The number of carbonyl (C=O) groups is 3. The Balaban J connectivity index is 2.75. The van der Waals surface area contributed by atoms with E-state index in [9.17, 15) is 14.4 Å². The van der Waals surface area contributed by atoms with E-state index >= 15 is 0 Å². The number of ether oxygens (including phenoxy) is 1. The van der Waals surface area contributed by atoms with E-state index < -0.39 is 30.1 Å². The summed E-state index contributed by atoms with van der Waals surface area (Å²) in [4.78, 5) is 37.3. The minimum atomic E-state index is -1.08. The maximum atomic E-state index is 12.2. The summed E-state index contributed by atoms with van der Waals surface area (Å²) < 4.78 is 4.93. The number of hydrogen-bond acceptors (Lipinski definition) is 4. The highest BCUT2D eigenvalue weighted by atomic mass is 16.5. The highest BCUT2D eigenvalue weighted by molar-refractivity contribution is 5.87. The smallest absolute Gasteiger partial charge is 0.328 e. The van der Waals surface area contributed by atoms with Gasteiger partial charge in [-0.2, -0.15) is 0 Å². The molecule has 1 rings (SSSR count). The van der Waals surface area contributed by atoms with E-state index in [1.807, 2.05) is 0 Å². The van der Waals surface area contributed by atoms with Crippen molar-refractivity contribution in [1.82, 2.24) is 9.80 Å². The molecule has 0 spiro atoms. The van der Waals surface area contributed by atoms with E-state index in [0.29, 0.717) is 19.4 Å². The van der Waals surface area contributed by atoms with Crippen molar-refractivity contribution < 1.29 is 24.2 Å². The summed E-state index contributed by atoms with van der Waals surface area (Å²) in [7, 11) is 1.42. The van der Waals surface area contributed by atoms with Crippen LogP contribution in [0.15, 0.2) is 0 Å². The second-order valence-corrected chi connectivity index (χ2v) is 4.51. The highest BCUT2D eigenvalue weighted by Gasteiger charge is 2.38. The number of carboxylic acid groups (broad SMARTS) is 1. The predicted octanol–water partition coefficient (Wildman–Crippen LogP) is 0.539. The lowest BCUT2D eigenvalue weighted by atomic mass is 10.2. The van der Waals surface area contributed by atoms with Crippen LogP contribution in [0.5, 0.6) is 0 Å². The largest absolute Gasteiger partial charge is 0.480 e. The zero-order valence-corrected chi connectivity index (χ0v) is 11.5. The van der Waals surface area contributed by atoms with Gasteiger partial charge in [0.2, 0.25) is 0 Å². The number of carbonyl (C=O) groups excluding carboxylic acids is 2. The van der Waals surface area contributed by atoms with Gasteiger partial charge in [0, 0.05) is 13.6 Å². The van der Waals surface area contributed by atoms with E-state index in [1.165, 1.54) is 18.9 Å². The normalized spacial score (nSPS) is 19.9. The van der Waals surface area contributed by atoms with Crippen LogP contribution in [0.2, 0.25) is 0 Å². The molecule has 7 nitrogen and oxygen atoms in total. The lowest BCUT2D eigenvalue weighted by Gasteiger charge is -2.30. The van der Waals surface area contributed by atoms with Crippen LogP contribution in [-0.2, 0) is 14.3 Å². The third-order valence-electron chi connectivity index (χ3n) is 3.30. The summed E-state index contributed by atoms with van der Waals surface area (Å²) in [6, 6.07) is -1.99. The maximum Gasteiger partial charge on any atom is 0.328 e. The van der Waals surface area contributed by atoms with Gasteiger partial charge in [-0.1, -0.05) is 0 Å². The molecule has 2 unspecified atom stereocenters. The van der Waals surface area contributed by atoms with Crippen LogP contribution in [0.3, 0.4) is 0 Å². The monoisotopic (exact) mass is 272 g/mol. The minimum Gasteiger partial charge on any atom is -0.480 e. The summed E-state index contributed by atoms with van der Waals surface area (Å²) in [5.74, 6) is -1.51. The fourth-order valence-corrected chi connectivity index (χ4v) is 2.01. The van der Waals surface area contributed by atoms with Crippen molar-refractivity contribution in [2.75, 3.05) is 20.2 Å². The van der Waals surface area contributed by atoms with Gasteiger partial charge in [-0.05, 0) is 26.7 Å². The van der Waals surface area contributed by atoms with Gasteiger partial charge in [0.05, 0.1) is 6.61 Å². The molecule has 0 radical (unpaired) electrons. The van der Waals surface area contributed by atoms with E-state index in [1.54, 1.807) is 6.92 Å². The number of urea groups is 1. The number of carboxylic acids is 1. The fourth-order valence-electron chi connectivity index (χ4n) is 2.01. The Kier molecular flexibility index (Phi) is 5.14. The topological polar surface area (TPSA) is 87.2 Å². The van der Waals surface area contributed by atoms with Gasteiger partial charge in [-0.25, -0.2) is 14.4 Å². The summed E-state index contributed by atoms with van der Waals surface area (Å²) in [5, 5.41) is 8.90. The molecular weight excluding hydrogens is 252 g/mol. The molecule has 7 heteroatoms. The van der Waals surface area contributed by atoms with Gasteiger partial charge < -0.3 is 19.6 Å². The molecule has 1 fully saturated rings. The van der Waals surface area contributed by atoms with Crippen LogP contribution in [0.4, 0.5) is 4.79 Å². The second kappa shape index (κ2) is 6.40. The molecule has 1 aliphatic heterocycles. The fraction of sp³-hybridized carbons (Fsp3) is 0.750. The number of likely N-dealkylation sites (N-methyl/N-ethyl adjacent to an activating group) is 1.